The summed E-state index contributed by atoms with van der Waals surface area (Å²) in [5.74, 6) is 0.529. The molecule has 0 atom stereocenters. The number of hydrogen-bond donors (Lipinski definition) is 1. The molecule has 3 aromatic carbocycles. The van der Waals surface area contributed by atoms with Crippen molar-refractivity contribution in [1.82, 2.24) is 14.5 Å². The van der Waals surface area contributed by atoms with E-state index in [0.717, 1.165) is 10.8 Å². The van der Waals surface area contributed by atoms with E-state index >= 15 is 0 Å². The van der Waals surface area contributed by atoms with Crippen LogP contribution in [0.1, 0.15) is 10.4 Å². The monoisotopic (exact) mass is 453 g/mol. The highest BCUT2D eigenvalue weighted by molar-refractivity contribution is 7.89. The van der Waals surface area contributed by atoms with Crippen molar-refractivity contribution in [3.05, 3.63) is 72.3 Å². The maximum atomic E-state index is 12.9. The van der Waals surface area contributed by atoms with Crippen LogP contribution < -0.4 is 10.1 Å². The molecular weight excluding hydrogens is 426 g/mol. The van der Waals surface area contributed by atoms with Crippen LogP contribution in [0.2, 0.25) is 0 Å². The van der Waals surface area contributed by atoms with Crippen molar-refractivity contribution in [3.8, 4) is 5.75 Å². The Morgan fingerprint density at radius 2 is 1.62 bits per heavy atom. The molecule has 32 heavy (non-hydrogen) atoms. The van der Waals surface area contributed by atoms with Crippen LogP contribution in [0.25, 0.3) is 10.8 Å². The molecule has 0 radical (unpaired) electrons. The molecule has 1 fully saturated rings. The van der Waals surface area contributed by atoms with Gasteiger partial charge in [0.25, 0.3) is 5.91 Å². The first-order chi connectivity index (χ1) is 15.5. The zero-order valence-electron chi connectivity index (χ0n) is 18.0. The topological polar surface area (TPSA) is 79.0 Å². The Labute approximate surface area is 188 Å². The molecule has 1 aliphatic heterocycles. The Morgan fingerprint density at radius 1 is 0.938 bits per heavy atom. The molecule has 1 amide bonds. The van der Waals surface area contributed by atoms with Gasteiger partial charge in [-0.2, -0.15) is 4.31 Å². The molecule has 0 unspecified atom stereocenters. The highest BCUT2D eigenvalue weighted by Crippen LogP contribution is 2.21. The number of methoxy groups -OCH3 is 1. The fourth-order valence-corrected chi connectivity index (χ4v) is 5.36. The second-order valence-electron chi connectivity index (χ2n) is 7.70. The van der Waals surface area contributed by atoms with E-state index in [2.05, 4.69) is 10.2 Å². The van der Waals surface area contributed by atoms with E-state index in [-0.39, 0.29) is 10.8 Å². The molecule has 1 N–H and O–H groups in total. The summed E-state index contributed by atoms with van der Waals surface area (Å²) in [5, 5.41) is 4.96. The minimum absolute atomic E-state index is 0.0949. The molecule has 4 rings (SSSR count). The number of nitrogens with zero attached hydrogens (tertiary/aromatic N) is 2. The van der Waals surface area contributed by atoms with Crippen molar-refractivity contribution in [2.75, 3.05) is 46.4 Å². The van der Waals surface area contributed by atoms with Gasteiger partial charge in [-0.15, -0.1) is 0 Å². The van der Waals surface area contributed by atoms with Gasteiger partial charge < -0.3 is 10.1 Å². The number of benzene rings is 3. The van der Waals surface area contributed by atoms with E-state index < -0.39 is 10.0 Å². The lowest BCUT2D eigenvalue weighted by atomic mass is 10.0. The zero-order chi connectivity index (χ0) is 22.6. The summed E-state index contributed by atoms with van der Waals surface area (Å²) in [6.07, 6.45) is 0. The van der Waals surface area contributed by atoms with Gasteiger partial charge in [-0.05, 0) is 41.1 Å². The van der Waals surface area contributed by atoms with Crippen LogP contribution in [-0.2, 0) is 10.0 Å². The van der Waals surface area contributed by atoms with Crippen LogP contribution >= 0.6 is 0 Å². The number of amides is 1. The number of piperazine rings is 1. The lowest BCUT2D eigenvalue weighted by Crippen LogP contribution is -2.50. The van der Waals surface area contributed by atoms with Crippen molar-refractivity contribution in [2.24, 2.45) is 0 Å². The maximum Gasteiger partial charge on any atom is 0.251 e. The molecule has 8 heteroatoms. The number of carbonyl (C=O) groups excluding carboxylic acids is 1. The Hall–Kier alpha value is -2.94. The highest BCUT2D eigenvalue weighted by Gasteiger charge is 2.28. The first kappa shape index (κ1) is 22.3. The van der Waals surface area contributed by atoms with Gasteiger partial charge in [0.05, 0.1) is 12.0 Å². The maximum absolute atomic E-state index is 12.9. The SMILES string of the molecule is COc1ccc(S(=O)(=O)N2CCN(CCNC(=O)c3cccc4ccccc34)CC2)cc1. The molecule has 0 saturated carbocycles. The zero-order valence-corrected chi connectivity index (χ0v) is 18.8. The van der Waals surface area contributed by atoms with E-state index in [9.17, 15) is 13.2 Å². The Morgan fingerprint density at radius 3 is 2.34 bits per heavy atom. The number of ether oxygens (including phenoxy) is 1. The van der Waals surface area contributed by atoms with Crippen molar-refractivity contribution in [3.63, 3.8) is 0 Å². The van der Waals surface area contributed by atoms with Crippen LogP contribution in [0.5, 0.6) is 5.75 Å². The summed E-state index contributed by atoms with van der Waals surface area (Å²) in [7, 11) is -1.97. The molecule has 0 spiro atoms. The van der Waals surface area contributed by atoms with E-state index in [1.54, 1.807) is 31.4 Å². The van der Waals surface area contributed by atoms with Gasteiger partial charge in [-0.3, -0.25) is 9.69 Å². The average Bonchev–Trinajstić information content (AvgIpc) is 2.84. The number of carbonyl (C=O) groups is 1. The van der Waals surface area contributed by atoms with Gasteiger partial charge in [-0.1, -0.05) is 36.4 Å². The standard InChI is InChI=1S/C24H27N3O4S/c1-31-20-9-11-21(12-10-20)32(29,30)27-17-15-26(16-18-27)14-13-25-24(28)23-8-4-6-19-5-2-3-7-22(19)23/h2-12H,13-18H2,1H3,(H,25,28). The van der Waals surface area contributed by atoms with Gasteiger partial charge in [0.15, 0.2) is 0 Å². The second kappa shape index (κ2) is 9.68. The first-order valence-corrected chi connectivity index (χ1v) is 12.1. The van der Waals surface area contributed by atoms with Crippen molar-refractivity contribution in [2.45, 2.75) is 4.90 Å². The van der Waals surface area contributed by atoms with E-state index in [0.29, 0.717) is 50.6 Å². The highest BCUT2D eigenvalue weighted by atomic mass is 32.2. The van der Waals surface area contributed by atoms with Crippen LogP contribution in [0.15, 0.2) is 71.6 Å². The number of fused-ring (bicyclic) bond motifs is 1. The van der Waals surface area contributed by atoms with Gasteiger partial charge in [0.2, 0.25) is 10.0 Å². The quantitative estimate of drug-likeness (QED) is 0.595. The third kappa shape index (κ3) is 4.77. The molecule has 0 aliphatic carbocycles. The number of sulfonamides is 1. The van der Waals surface area contributed by atoms with E-state index in [1.807, 2.05) is 42.5 Å². The van der Waals surface area contributed by atoms with Crippen LogP contribution in [0.3, 0.4) is 0 Å². The fourth-order valence-electron chi connectivity index (χ4n) is 3.94. The van der Waals surface area contributed by atoms with Crippen LogP contribution in [0, 0.1) is 0 Å². The van der Waals surface area contributed by atoms with E-state index in [1.165, 1.54) is 4.31 Å². The van der Waals surface area contributed by atoms with Gasteiger partial charge in [-0.25, -0.2) is 8.42 Å². The van der Waals surface area contributed by atoms with Crippen LogP contribution in [-0.4, -0.2) is 69.9 Å². The van der Waals surface area contributed by atoms with Gasteiger partial charge in [0.1, 0.15) is 5.75 Å². The van der Waals surface area contributed by atoms with Gasteiger partial charge in [0, 0.05) is 44.8 Å². The Balaban J connectivity index is 1.28. The molecule has 0 aromatic heterocycles. The number of rotatable bonds is 7. The number of nitrogens with one attached hydrogen (secondary N) is 1. The predicted molar refractivity (Wildman–Crippen MR) is 124 cm³/mol. The first-order valence-electron chi connectivity index (χ1n) is 10.6. The lowest BCUT2D eigenvalue weighted by molar-refractivity contribution is 0.0946. The summed E-state index contributed by atoms with van der Waals surface area (Å²) < 4.78 is 32.4. The van der Waals surface area contributed by atoms with Crippen molar-refractivity contribution >= 4 is 26.7 Å². The number of hydrogen-bond acceptors (Lipinski definition) is 5. The van der Waals surface area contributed by atoms with Gasteiger partial charge >= 0.3 is 0 Å². The summed E-state index contributed by atoms with van der Waals surface area (Å²) in [5.41, 5.74) is 0.665. The third-order valence-electron chi connectivity index (χ3n) is 5.78. The largest absolute Gasteiger partial charge is 0.497 e. The molecule has 1 saturated heterocycles. The Bertz CT molecular complexity index is 1180. The predicted octanol–water partition coefficient (Wildman–Crippen LogP) is 2.58. The van der Waals surface area contributed by atoms with E-state index in [4.69, 9.17) is 4.74 Å². The second-order valence-corrected chi connectivity index (χ2v) is 9.64. The van der Waals surface area contributed by atoms with Crippen molar-refractivity contribution in [1.29, 1.82) is 0 Å². The van der Waals surface area contributed by atoms with Crippen LogP contribution in [0.4, 0.5) is 0 Å². The summed E-state index contributed by atoms with van der Waals surface area (Å²) in [4.78, 5) is 15.1. The lowest BCUT2D eigenvalue weighted by Gasteiger charge is -2.34. The molecule has 1 heterocycles. The summed E-state index contributed by atoms with van der Waals surface area (Å²) in [6.45, 7) is 3.27. The normalized spacial score (nSPS) is 15.5. The molecule has 1 aliphatic rings. The molecule has 0 bridgehead atoms. The molecule has 7 nitrogen and oxygen atoms in total. The molecular formula is C24H27N3O4S. The van der Waals surface area contributed by atoms with Crippen molar-refractivity contribution < 1.29 is 17.9 Å². The average molecular weight is 454 g/mol. The fraction of sp³-hybridized carbons (Fsp3) is 0.292. The Kier molecular flexibility index (Phi) is 6.74. The minimum Gasteiger partial charge on any atom is -0.497 e. The smallest absolute Gasteiger partial charge is 0.251 e. The molecule has 168 valence electrons. The summed E-state index contributed by atoms with van der Waals surface area (Å²) in [6, 6.07) is 20.0. The third-order valence-corrected chi connectivity index (χ3v) is 7.69. The summed E-state index contributed by atoms with van der Waals surface area (Å²) >= 11 is 0. The molecule has 3 aromatic rings. The minimum atomic E-state index is -3.52.